The summed E-state index contributed by atoms with van der Waals surface area (Å²) in [6.45, 7) is 4.98. The number of unbranched alkanes of at least 4 members (excludes halogenated alkanes) is 1. The predicted molar refractivity (Wildman–Crippen MR) is 88.7 cm³/mol. The van der Waals surface area contributed by atoms with E-state index in [0.29, 0.717) is 5.75 Å². The summed E-state index contributed by atoms with van der Waals surface area (Å²) in [6.07, 6.45) is 2.07. The molecule has 0 amide bonds. The number of hydrogen-bond donors (Lipinski definition) is 1. The molecule has 5 heteroatoms. The molecule has 1 N–H and O–H groups in total. The first kappa shape index (κ1) is 18.0. The standard InChI is InChI=1S/C16H27NO3S/c1-5-7-10-21(18)12-15(17-6-2)14-11-13(19-3)8-9-16(14)20-4/h8-9,11,15,17H,5-7,10,12H2,1-4H3. The Bertz CT molecular complexity index is 451. The first-order valence-electron chi connectivity index (χ1n) is 7.46. The van der Waals surface area contributed by atoms with Crippen molar-refractivity contribution in [2.24, 2.45) is 0 Å². The molecule has 0 fully saturated rings. The molecule has 2 atom stereocenters. The van der Waals surface area contributed by atoms with E-state index in [-0.39, 0.29) is 6.04 Å². The summed E-state index contributed by atoms with van der Waals surface area (Å²) in [4.78, 5) is 0. The highest BCUT2D eigenvalue weighted by Crippen LogP contribution is 2.30. The van der Waals surface area contributed by atoms with Crippen molar-refractivity contribution in [2.45, 2.75) is 32.7 Å². The second-order valence-corrected chi connectivity index (χ2v) is 6.50. The largest absolute Gasteiger partial charge is 0.497 e. The highest BCUT2D eigenvalue weighted by Gasteiger charge is 2.19. The topological polar surface area (TPSA) is 47.6 Å². The van der Waals surface area contributed by atoms with Crippen LogP contribution in [0.2, 0.25) is 0 Å². The lowest BCUT2D eigenvalue weighted by molar-refractivity contribution is 0.392. The van der Waals surface area contributed by atoms with Crippen molar-refractivity contribution < 1.29 is 13.7 Å². The van der Waals surface area contributed by atoms with Crippen molar-refractivity contribution in [2.75, 3.05) is 32.3 Å². The predicted octanol–water partition coefficient (Wildman–Crippen LogP) is 2.90. The number of hydrogen-bond acceptors (Lipinski definition) is 4. The minimum absolute atomic E-state index is 0.0118. The molecule has 120 valence electrons. The molecule has 0 aromatic heterocycles. The smallest absolute Gasteiger partial charge is 0.123 e. The second-order valence-electron chi connectivity index (χ2n) is 4.88. The van der Waals surface area contributed by atoms with E-state index in [1.54, 1.807) is 14.2 Å². The Hall–Kier alpha value is -1.07. The van der Waals surface area contributed by atoms with Gasteiger partial charge in [0, 0.05) is 33.9 Å². The third kappa shape index (κ3) is 5.67. The van der Waals surface area contributed by atoms with Crippen LogP contribution in [0, 0.1) is 0 Å². The van der Waals surface area contributed by atoms with Crippen LogP contribution in [0.3, 0.4) is 0 Å². The lowest BCUT2D eigenvalue weighted by atomic mass is 10.1. The number of benzene rings is 1. The van der Waals surface area contributed by atoms with Gasteiger partial charge in [0.05, 0.1) is 14.2 Å². The zero-order chi connectivity index (χ0) is 15.7. The van der Waals surface area contributed by atoms with E-state index in [9.17, 15) is 4.21 Å². The van der Waals surface area contributed by atoms with Gasteiger partial charge >= 0.3 is 0 Å². The van der Waals surface area contributed by atoms with Crippen molar-refractivity contribution in [3.05, 3.63) is 23.8 Å². The highest BCUT2D eigenvalue weighted by atomic mass is 32.2. The number of methoxy groups -OCH3 is 2. The maximum absolute atomic E-state index is 12.2. The molecule has 0 spiro atoms. The van der Waals surface area contributed by atoms with Crippen molar-refractivity contribution >= 4 is 10.8 Å². The molecule has 4 nitrogen and oxygen atoms in total. The Morgan fingerprint density at radius 3 is 2.57 bits per heavy atom. The molecule has 0 aliphatic rings. The van der Waals surface area contributed by atoms with Gasteiger partial charge in [0.25, 0.3) is 0 Å². The molecule has 1 aromatic rings. The molecule has 0 saturated heterocycles. The van der Waals surface area contributed by atoms with Crippen molar-refractivity contribution in [3.63, 3.8) is 0 Å². The van der Waals surface area contributed by atoms with E-state index in [4.69, 9.17) is 9.47 Å². The quantitative estimate of drug-likeness (QED) is 0.721. The van der Waals surface area contributed by atoms with Crippen LogP contribution < -0.4 is 14.8 Å². The van der Waals surface area contributed by atoms with Gasteiger partial charge in [-0.2, -0.15) is 0 Å². The third-order valence-corrected chi connectivity index (χ3v) is 4.79. The van der Waals surface area contributed by atoms with Crippen LogP contribution in [0.15, 0.2) is 18.2 Å². The average molecular weight is 313 g/mol. The van der Waals surface area contributed by atoms with Crippen molar-refractivity contribution in [1.29, 1.82) is 0 Å². The van der Waals surface area contributed by atoms with Gasteiger partial charge in [-0.1, -0.05) is 20.3 Å². The number of rotatable bonds is 10. The van der Waals surface area contributed by atoms with E-state index in [2.05, 4.69) is 19.2 Å². The van der Waals surface area contributed by atoms with E-state index >= 15 is 0 Å². The fourth-order valence-electron chi connectivity index (χ4n) is 2.19. The Labute approximate surface area is 130 Å². The van der Waals surface area contributed by atoms with Gasteiger partial charge in [-0.15, -0.1) is 0 Å². The van der Waals surface area contributed by atoms with Gasteiger partial charge in [0.1, 0.15) is 11.5 Å². The van der Waals surface area contributed by atoms with Gasteiger partial charge in [0.15, 0.2) is 0 Å². The van der Waals surface area contributed by atoms with Crippen LogP contribution >= 0.6 is 0 Å². The Kier molecular flexibility index (Phi) is 8.38. The summed E-state index contributed by atoms with van der Waals surface area (Å²) >= 11 is 0. The summed E-state index contributed by atoms with van der Waals surface area (Å²) in [5.74, 6) is 2.93. The van der Waals surface area contributed by atoms with E-state index in [1.165, 1.54) is 0 Å². The summed E-state index contributed by atoms with van der Waals surface area (Å²) in [5.41, 5.74) is 1.00. The molecule has 2 unspecified atom stereocenters. The summed E-state index contributed by atoms with van der Waals surface area (Å²) < 4.78 is 22.9. The molecule has 0 bridgehead atoms. The monoisotopic (exact) mass is 313 g/mol. The van der Waals surface area contributed by atoms with E-state index in [0.717, 1.165) is 42.2 Å². The minimum Gasteiger partial charge on any atom is -0.497 e. The maximum atomic E-state index is 12.2. The summed E-state index contributed by atoms with van der Waals surface area (Å²) in [5, 5.41) is 3.40. The van der Waals surface area contributed by atoms with E-state index in [1.807, 2.05) is 18.2 Å². The first-order valence-corrected chi connectivity index (χ1v) is 8.95. The van der Waals surface area contributed by atoms with Crippen LogP contribution in [0.25, 0.3) is 0 Å². The molecule has 21 heavy (non-hydrogen) atoms. The van der Waals surface area contributed by atoms with Crippen LogP contribution in [0.1, 0.15) is 38.3 Å². The molecule has 1 aromatic carbocycles. The van der Waals surface area contributed by atoms with E-state index < -0.39 is 10.8 Å². The fraction of sp³-hybridized carbons (Fsp3) is 0.625. The highest BCUT2D eigenvalue weighted by molar-refractivity contribution is 7.85. The third-order valence-electron chi connectivity index (χ3n) is 3.34. The Morgan fingerprint density at radius 2 is 2.00 bits per heavy atom. The van der Waals surface area contributed by atoms with Gasteiger partial charge in [-0.05, 0) is 31.2 Å². The van der Waals surface area contributed by atoms with Gasteiger partial charge in [-0.25, -0.2) is 0 Å². The molecular weight excluding hydrogens is 286 g/mol. The van der Waals surface area contributed by atoms with Crippen molar-refractivity contribution in [1.82, 2.24) is 5.32 Å². The van der Waals surface area contributed by atoms with Gasteiger partial charge in [-0.3, -0.25) is 4.21 Å². The summed E-state index contributed by atoms with van der Waals surface area (Å²) in [7, 11) is 2.47. The molecule has 0 radical (unpaired) electrons. The van der Waals surface area contributed by atoms with Gasteiger partial charge < -0.3 is 14.8 Å². The van der Waals surface area contributed by atoms with Crippen LogP contribution in [0.4, 0.5) is 0 Å². The SMILES string of the molecule is CCCCS(=O)CC(NCC)c1cc(OC)ccc1OC. The average Bonchev–Trinajstić information content (AvgIpc) is 2.51. The fourth-order valence-corrected chi connectivity index (χ4v) is 3.64. The molecule has 0 aliphatic carbocycles. The van der Waals surface area contributed by atoms with Crippen LogP contribution in [-0.2, 0) is 10.8 Å². The molecule has 1 rings (SSSR count). The Morgan fingerprint density at radius 1 is 1.24 bits per heavy atom. The lowest BCUT2D eigenvalue weighted by Crippen LogP contribution is -2.27. The molecule has 0 saturated carbocycles. The molecule has 0 heterocycles. The maximum Gasteiger partial charge on any atom is 0.123 e. The Balaban J connectivity index is 2.95. The second kappa shape index (κ2) is 9.79. The lowest BCUT2D eigenvalue weighted by Gasteiger charge is -2.21. The summed E-state index contributed by atoms with van der Waals surface area (Å²) in [6, 6.07) is 5.74. The molecule has 0 aliphatic heterocycles. The minimum atomic E-state index is -0.830. The zero-order valence-electron chi connectivity index (χ0n) is 13.5. The number of ether oxygens (including phenoxy) is 2. The molecular formula is C16H27NO3S. The van der Waals surface area contributed by atoms with Crippen LogP contribution in [0.5, 0.6) is 11.5 Å². The first-order chi connectivity index (χ1) is 10.2. The normalized spacial score (nSPS) is 13.7. The van der Waals surface area contributed by atoms with Gasteiger partial charge in [0.2, 0.25) is 0 Å². The number of nitrogens with one attached hydrogen (secondary N) is 1. The van der Waals surface area contributed by atoms with Crippen molar-refractivity contribution in [3.8, 4) is 11.5 Å². The van der Waals surface area contributed by atoms with Crippen LogP contribution in [-0.4, -0.2) is 36.5 Å². The zero-order valence-corrected chi connectivity index (χ0v) is 14.3.